The number of anilines is 1. The van der Waals surface area contributed by atoms with Crippen LogP contribution in [-0.2, 0) is 4.79 Å². The molecule has 3 N–H and O–H groups in total. The van der Waals surface area contributed by atoms with Crippen molar-refractivity contribution in [2.24, 2.45) is 0 Å². The number of rotatable bonds is 2. The van der Waals surface area contributed by atoms with Gasteiger partial charge >= 0.3 is 0 Å². The molecular weight excluding hydrogens is 266 g/mol. The Morgan fingerprint density at radius 1 is 1.42 bits per heavy atom. The van der Waals surface area contributed by atoms with Gasteiger partial charge < -0.3 is 16.0 Å². The van der Waals surface area contributed by atoms with Crippen LogP contribution in [0.2, 0.25) is 5.02 Å². The Hall–Kier alpha value is -1.75. The summed E-state index contributed by atoms with van der Waals surface area (Å²) in [4.78, 5) is 25.0. The van der Waals surface area contributed by atoms with Crippen molar-refractivity contribution in [3.63, 3.8) is 0 Å². The second kappa shape index (κ2) is 5.48. The van der Waals surface area contributed by atoms with Gasteiger partial charge in [-0.25, -0.2) is 0 Å². The maximum Gasteiger partial charge on any atom is 0.254 e. The van der Waals surface area contributed by atoms with E-state index >= 15 is 0 Å². The van der Waals surface area contributed by atoms with Crippen molar-refractivity contribution in [1.29, 1.82) is 0 Å². The van der Waals surface area contributed by atoms with Crippen molar-refractivity contribution in [2.45, 2.75) is 19.4 Å². The fourth-order valence-corrected chi connectivity index (χ4v) is 2.51. The highest BCUT2D eigenvalue weighted by atomic mass is 35.5. The largest absolute Gasteiger partial charge is 0.399 e. The summed E-state index contributed by atoms with van der Waals surface area (Å²) in [6.07, 6.45) is 0.765. The number of carbonyl (C=O) groups is 2. The monoisotopic (exact) mass is 281 g/mol. The first-order valence-corrected chi connectivity index (χ1v) is 6.46. The molecule has 0 spiro atoms. The molecule has 1 heterocycles. The van der Waals surface area contributed by atoms with Crippen LogP contribution in [0.5, 0.6) is 0 Å². The molecule has 0 aliphatic carbocycles. The predicted molar refractivity (Wildman–Crippen MR) is 74.0 cm³/mol. The number of hydrogen-bond acceptors (Lipinski definition) is 3. The maximum absolute atomic E-state index is 12.3. The molecule has 102 valence electrons. The Balaban J connectivity index is 2.06. The number of nitrogens with zero attached hydrogens (tertiary/aromatic N) is 1. The Morgan fingerprint density at radius 2 is 2.16 bits per heavy atom. The van der Waals surface area contributed by atoms with Crippen LogP contribution in [0.3, 0.4) is 0 Å². The summed E-state index contributed by atoms with van der Waals surface area (Å²) < 4.78 is 0. The number of nitrogens with two attached hydrogens (primary N) is 1. The third-order valence-corrected chi connectivity index (χ3v) is 3.27. The van der Waals surface area contributed by atoms with E-state index < -0.39 is 0 Å². The van der Waals surface area contributed by atoms with Crippen LogP contribution in [0.1, 0.15) is 23.7 Å². The molecule has 1 aliphatic rings. The van der Waals surface area contributed by atoms with Crippen LogP contribution in [0.25, 0.3) is 0 Å². The third-order valence-electron chi connectivity index (χ3n) is 3.05. The number of benzene rings is 1. The van der Waals surface area contributed by atoms with Crippen LogP contribution < -0.4 is 11.1 Å². The minimum absolute atomic E-state index is 0.0259. The highest BCUT2D eigenvalue weighted by Gasteiger charge is 2.27. The molecule has 1 fully saturated rings. The van der Waals surface area contributed by atoms with Gasteiger partial charge in [-0.05, 0) is 24.6 Å². The summed E-state index contributed by atoms with van der Waals surface area (Å²) in [5, 5.41) is 3.26. The predicted octanol–water partition coefficient (Wildman–Crippen LogP) is 1.27. The van der Waals surface area contributed by atoms with Crippen LogP contribution in [0, 0.1) is 0 Å². The van der Waals surface area contributed by atoms with E-state index in [2.05, 4.69) is 5.32 Å². The van der Waals surface area contributed by atoms with Gasteiger partial charge in [-0.1, -0.05) is 11.6 Å². The molecule has 1 aromatic carbocycles. The molecule has 2 amide bonds. The van der Waals surface area contributed by atoms with Gasteiger partial charge in [0.25, 0.3) is 5.91 Å². The summed E-state index contributed by atoms with van der Waals surface area (Å²) in [6.45, 7) is 2.61. The van der Waals surface area contributed by atoms with Crippen molar-refractivity contribution in [1.82, 2.24) is 10.2 Å². The van der Waals surface area contributed by atoms with Gasteiger partial charge in [0.15, 0.2) is 0 Å². The van der Waals surface area contributed by atoms with Gasteiger partial charge in [0.2, 0.25) is 5.91 Å². The summed E-state index contributed by atoms with van der Waals surface area (Å²) in [5.74, 6) is -0.187. The van der Waals surface area contributed by atoms with Crippen LogP contribution in [0.4, 0.5) is 5.69 Å². The molecule has 19 heavy (non-hydrogen) atoms. The SMILES string of the molecule is CC(=O)NC1CCN(C(=O)c2cc(N)cc(Cl)c2)C1. The van der Waals surface area contributed by atoms with Gasteiger partial charge in [0.1, 0.15) is 0 Å². The molecule has 0 saturated carbocycles. The zero-order valence-corrected chi connectivity index (χ0v) is 11.4. The minimum atomic E-state index is -0.109. The molecule has 1 unspecified atom stereocenters. The van der Waals surface area contributed by atoms with Crippen molar-refractivity contribution in [3.8, 4) is 0 Å². The topological polar surface area (TPSA) is 75.4 Å². The zero-order valence-electron chi connectivity index (χ0n) is 10.6. The average Bonchev–Trinajstić information content (AvgIpc) is 2.74. The van der Waals surface area contributed by atoms with E-state index in [-0.39, 0.29) is 17.9 Å². The van der Waals surface area contributed by atoms with Crippen LogP contribution in [-0.4, -0.2) is 35.8 Å². The Kier molecular flexibility index (Phi) is 3.95. The van der Waals surface area contributed by atoms with Crippen LogP contribution in [0.15, 0.2) is 18.2 Å². The van der Waals surface area contributed by atoms with Crippen molar-refractivity contribution >= 4 is 29.1 Å². The summed E-state index contributed by atoms with van der Waals surface area (Å²) in [5.41, 5.74) is 6.62. The standard InChI is InChI=1S/C13H16ClN3O2/c1-8(18)16-12-2-3-17(7-12)13(19)9-4-10(14)6-11(15)5-9/h4-6,12H,2-3,7,15H2,1H3,(H,16,18). The smallest absolute Gasteiger partial charge is 0.254 e. The second-order valence-corrected chi connectivity index (χ2v) is 5.15. The van der Waals surface area contributed by atoms with E-state index in [1.165, 1.54) is 6.92 Å². The van der Waals surface area contributed by atoms with E-state index in [1.807, 2.05) is 0 Å². The number of nitrogen functional groups attached to an aromatic ring is 1. The molecule has 5 nitrogen and oxygen atoms in total. The van der Waals surface area contributed by atoms with Gasteiger partial charge in [-0.15, -0.1) is 0 Å². The first-order valence-electron chi connectivity index (χ1n) is 6.08. The maximum atomic E-state index is 12.3. The number of halogens is 1. The summed E-state index contributed by atoms with van der Waals surface area (Å²) >= 11 is 5.89. The summed E-state index contributed by atoms with van der Waals surface area (Å²) in [6, 6.07) is 4.84. The number of nitrogens with one attached hydrogen (secondary N) is 1. The molecule has 2 rings (SSSR count). The van der Waals surface area contributed by atoms with Crippen molar-refractivity contribution in [3.05, 3.63) is 28.8 Å². The van der Waals surface area contributed by atoms with Crippen LogP contribution >= 0.6 is 11.6 Å². The fraction of sp³-hybridized carbons (Fsp3) is 0.385. The number of hydrogen-bond donors (Lipinski definition) is 2. The lowest BCUT2D eigenvalue weighted by Crippen LogP contribution is -2.37. The molecule has 6 heteroatoms. The molecule has 1 atom stereocenters. The van der Waals surface area contributed by atoms with Gasteiger partial charge in [-0.2, -0.15) is 0 Å². The lowest BCUT2D eigenvalue weighted by molar-refractivity contribution is -0.119. The molecular formula is C13H16ClN3O2. The number of carbonyl (C=O) groups excluding carboxylic acids is 2. The fourth-order valence-electron chi connectivity index (χ4n) is 2.27. The van der Waals surface area contributed by atoms with Gasteiger partial charge in [0.05, 0.1) is 0 Å². The number of likely N-dealkylation sites (tertiary alicyclic amines) is 1. The van der Waals surface area contributed by atoms with Gasteiger partial charge in [0, 0.05) is 42.3 Å². The van der Waals surface area contributed by atoms with E-state index in [9.17, 15) is 9.59 Å². The molecule has 1 aliphatic heterocycles. The van der Waals surface area contributed by atoms with Gasteiger partial charge in [-0.3, -0.25) is 9.59 Å². The average molecular weight is 282 g/mol. The quantitative estimate of drug-likeness (QED) is 0.802. The Morgan fingerprint density at radius 3 is 2.79 bits per heavy atom. The second-order valence-electron chi connectivity index (χ2n) is 4.71. The van der Waals surface area contributed by atoms with E-state index in [4.69, 9.17) is 17.3 Å². The molecule has 1 saturated heterocycles. The molecule has 0 aromatic heterocycles. The molecule has 0 bridgehead atoms. The zero-order chi connectivity index (χ0) is 14.0. The first kappa shape index (κ1) is 13.7. The Bertz CT molecular complexity index is 498. The van der Waals surface area contributed by atoms with E-state index in [0.29, 0.717) is 29.4 Å². The highest BCUT2D eigenvalue weighted by Crippen LogP contribution is 2.20. The number of amides is 2. The first-order chi connectivity index (χ1) is 8.95. The molecule has 0 radical (unpaired) electrons. The van der Waals surface area contributed by atoms with E-state index in [0.717, 1.165) is 6.42 Å². The summed E-state index contributed by atoms with van der Waals surface area (Å²) in [7, 11) is 0. The van der Waals surface area contributed by atoms with Crippen molar-refractivity contribution in [2.75, 3.05) is 18.8 Å². The lowest BCUT2D eigenvalue weighted by Gasteiger charge is -2.17. The highest BCUT2D eigenvalue weighted by molar-refractivity contribution is 6.31. The molecule has 1 aromatic rings. The lowest BCUT2D eigenvalue weighted by atomic mass is 10.2. The minimum Gasteiger partial charge on any atom is -0.399 e. The third kappa shape index (κ3) is 3.38. The van der Waals surface area contributed by atoms with E-state index in [1.54, 1.807) is 23.1 Å². The Labute approximate surface area is 116 Å². The normalized spacial score (nSPS) is 18.4. The van der Waals surface area contributed by atoms with Crippen molar-refractivity contribution < 1.29 is 9.59 Å².